The van der Waals surface area contributed by atoms with Crippen LogP contribution < -0.4 is 10.0 Å². The minimum Gasteiger partial charge on any atom is -0.456 e. The lowest BCUT2D eigenvalue weighted by atomic mass is 10.1. The molecule has 0 unspecified atom stereocenters. The van der Waals surface area contributed by atoms with E-state index < -0.39 is 15.6 Å². The third-order valence-corrected chi connectivity index (χ3v) is 8.22. The van der Waals surface area contributed by atoms with Crippen LogP contribution >= 0.6 is 47.2 Å². The van der Waals surface area contributed by atoms with Gasteiger partial charge >= 0.3 is 0 Å². The van der Waals surface area contributed by atoms with Crippen molar-refractivity contribution in [3.63, 3.8) is 0 Å². The van der Waals surface area contributed by atoms with Crippen LogP contribution in [0.2, 0.25) is 10.0 Å². The third-order valence-electron chi connectivity index (χ3n) is 4.38. The van der Waals surface area contributed by atoms with Gasteiger partial charge in [-0.2, -0.15) is 0 Å². The van der Waals surface area contributed by atoms with Crippen molar-refractivity contribution in [1.29, 1.82) is 0 Å². The Labute approximate surface area is 210 Å². The molecule has 1 aromatic carbocycles. The van der Waals surface area contributed by atoms with E-state index in [0.717, 1.165) is 11.8 Å². The number of aromatic nitrogens is 1. The molecule has 4 rings (SSSR count). The van der Waals surface area contributed by atoms with Crippen LogP contribution in [0, 0.1) is 0 Å². The number of amides is 1. The van der Waals surface area contributed by atoms with Gasteiger partial charge in [0, 0.05) is 35.0 Å². The number of benzene rings is 1. The number of carbonyl (C=O) groups excluding carboxylic acids is 1. The summed E-state index contributed by atoms with van der Waals surface area (Å²) in [7, 11) is -3.95. The molecule has 0 spiro atoms. The van der Waals surface area contributed by atoms with Crippen molar-refractivity contribution in [3.05, 3.63) is 51.3 Å². The summed E-state index contributed by atoms with van der Waals surface area (Å²) in [4.78, 5) is 16.4. The van der Waals surface area contributed by atoms with E-state index in [0.29, 0.717) is 37.1 Å². The molecule has 1 aliphatic heterocycles. The Morgan fingerprint density at radius 3 is 2.42 bits per heavy atom. The van der Waals surface area contributed by atoms with Crippen LogP contribution in [0.3, 0.4) is 0 Å². The number of hydrogen-bond donors (Lipinski definition) is 2. The molecule has 0 saturated carbocycles. The maximum Gasteiger partial charge on any atom is 0.263 e. The molecule has 3 heterocycles. The first kappa shape index (κ1) is 24.2. The lowest BCUT2D eigenvalue weighted by molar-refractivity contribution is -0.115. The normalized spacial score (nSPS) is 16.1. The molecule has 0 aliphatic carbocycles. The number of halogens is 2. The molecule has 1 fully saturated rings. The summed E-state index contributed by atoms with van der Waals surface area (Å²) in [6.45, 7) is 5.16. The van der Waals surface area contributed by atoms with Gasteiger partial charge in [-0.1, -0.05) is 47.2 Å². The molecule has 0 bridgehead atoms. The van der Waals surface area contributed by atoms with Gasteiger partial charge in [0.1, 0.15) is 20.6 Å². The van der Waals surface area contributed by atoms with E-state index >= 15 is 0 Å². The van der Waals surface area contributed by atoms with Crippen molar-refractivity contribution < 1.29 is 17.6 Å². The topological polar surface area (TPSA) is 101 Å². The number of nitrogens with one attached hydrogen (secondary N) is 2. The van der Waals surface area contributed by atoms with E-state index in [1.54, 1.807) is 45.3 Å². The highest BCUT2D eigenvalue weighted by atomic mass is 35.5. The average Bonchev–Trinajstić information content (AvgIpc) is 3.20. The number of pyridine rings is 1. The van der Waals surface area contributed by atoms with Crippen LogP contribution in [0.25, 0.3) is 28.2 Å². The molecule has 0 atom stereocenters. The number of thiocarbonyl (C=S) groups is 1. The van der Waals surface area contributed by atoms with Crippen molar-refractivity contribution >= 4 is 84.5 Å². The number of thioether (sulfide) groups is 1. The predicted octanol–water partition coefficient (Wildman–Crippen LogP) is 5.37. The first-order valence-electron chi connectivity index (χ1n) is 9.50. The minimum atomic E-state index is -3.95. The Kier molecular flexibility index (Phi) is 6.36. The summed E-state index contributed by atoms with van der Waals surface area (Å²) >= 11 is 18.9. The maximum absolute atomic E-state index is 12.8. The highest BCUT2D eigenvalue weighted by Gasteiger charge is 2.28. The lowest BCUT2D eigenvalue weighted by Crippen LogP contribution is -2.40. The number of rotatable bonds is 4. The second-order valence-corrected chi connectivity index (χ2v) is 12.4. The first-order chi connectivity index (χ1) is 15.3. The molecule has 1 aliphatic rings. The molecule has 7 nitrogen and oxygen atoms in total. The Morgan fingerprint density at radius 2 is 1.85 bits per heavy atom. The van der Waals surface area contributed by atoms with Crippen LogP contribution in [0.1, 0.15) is 26.5 Å². The summed E-state index contributed by atoms with van der Waals surface area (Å²) in [6, 6.07) is 4.74. The maximum atomic E-state index is 12.8. The van der Waals surface area contributed by atoms with Crippen molar-refractivity contribution in [2.24, 2.45) is 0 Å². The number of fused-ring (bicyclic) bond motifs is 1. The second-order valence-electron chi connectivity index (χ2n) is 8.23. The standard InChI is InChI=1S/C21H17Cl2N3O4S3/c1-21(2,3)26-33(28,29)18-14(22)5-10(6-15(18)23)13-9-24-8-11-4-12(30-17(11)13)7-16-19(27)25-20(31)32-16/h4-9,26H,1-3H3,(H,25,27,31)/b16-7+. The Bertz CT molecular complexity index is 1430. The van der Waals surface area contributed by atoms with Gasteiger partial charge in [0.15, 0.2) is 0 Å². The van der Waals surface area contributed by atoms with E-state index in [4.69, 9.17) is 39.8 Å². The van der Waals surface area contributed by atoms with Crippen molar-refractivity contribution in [2.75, 3.05) is 0 Å². The number of nitrogens with zero attached hydrogens (tertiary/aromatic N) is 1. The zero-order valence-electron chi connectivity index (χ0n) is 17.5. The Hall–Kier alpha value is -1.95. The van der Waals surface area contributed by atoms with Crippen LogP contribution in [-0.2, 0) is 14.8 Å². The SMILES string of the molecule is CC(C)(C)NS(=O)(=O)c1c(Cl)cc(-c2cncc3cc(/C=C4/SC(=S)NC4=O)oc23)cc1Cl. The molecular weight excluding hydrogens is 525 g/mol. The highest BCUT2D eigenvalue weighted by Crippen LogP contribution is 2.38. The molecule has 3 aromatic rings. The van der Waals surface area contributed by atoms with Gasteiger partial charge in [-0.25, -0.2) is 13.1 Å². The molecule has 0 radical (unpaired) electrons. The minimum absolute atomic E-state index is 0.0345. The summed E-state index contributed by atoms with van der Waals surface area (Å²) in [5.74, 6) is 0.149. The van der Waals surface area contributed by atoms with E-state index in [9.17, 15) is 13.2 Å². The Balaban J connectivity index is 1.78. The highest BCUT2D eigenvalue weighted by molar-refractivity contribution is 8.26. The smallest absolute Gasteiger partial charge is 0.263 e. The summed E-state index contributed by atoms with van der Waals surface area (Å²) < 4.78 is 34.5. The van der Waals surface area contributed by atoms with Crippen molar-refractivity contribution in [2.45, 2.75) is 31.2 Å². The molecule has 12 heteroatoms. The largest absolute Gasteiger partial charge is 0.456 e. The summed E-state index contributed by atoms with van der Waals surface area (Å²) in [5.41, 5.74) is 0.864. The van der Waals surface area contributed by atoms with Crippen LogP contribution in [0.4, 0.5) is 0 Å². The quantitative estimate of drug-likeness (QED) is 0.338. The predicted molar refractivity (Wildman–Crippen MR) is 136 cm³/mol. The fourth-order valence-corrected chi connectivity index (χ4v) is 6.90. The average molecular weight is 542 g/mol. The van der Waals surface area contributed by atoms with Gasteiger partial charge in [-0.05, 0) is 44.5 Å². The Morgan fingerprint density at radius 1 is 1.18 bits per heavy atom. The van der Waals surface area contributed by atoms with E-state index in [1.165, 1.54) is 12.1 Å². The molecule has 1 amide bonds. The van der Waals surface area contributed by atoms with Crippen LogP contribution in [0.15, 0.2) is 44.8 Å². The second kappa shape index (κ2) is 8.68. The molecule has 1 saturated heterocycles. The summed E-state index contributed by atoms with van der Waals surface area (Å²) in [6.07, 6.45) is 4.78. The van der Waals surface area contributed by atoms with Crippen LogP contribution in [0.5, 0.6) is 0 Å². The monoisotopic (exact) mass is 541 g/mol. The number of sulfonamides is 1. The van der Waals surface area contributed by atoms with Crippen molar-refractivity contribution in [1.82, 2.24) is 15.0 Å². The fraction of sp³-hybridized carbons (Fsp3) is 0.190. The van der Waals surface area contributed by atoms with E-state index in [-0.39, 0.29) is 20.8 Å². The number of hydrogen-bond acceptors (Lipinski definition) is 7. The zero-order valence-corrected chi connectivity index (χ0v) is 21.5. The number of carbonyl (C=O) groups is 1. The van der Waals surface area contributed by atoms with Gasteiger partial charge in [-0.3, -0.25) is 9.78 Å². The van der Waals surface area contributed by atoms with Gasteiger partial charge < -0.3 is 9.73 Å². The zero-order chi connectivity index (χ0) is 24.1. The molecule has 33 heavy (non-hydrogen) atoms. The van der Waals surface area contributed by atoms with E-state index in [1.807, 2.05) is 0 Å². The molecular formula is C21H17Cl2N3O4S3. The third kappa shape index (κ3) is 5.11. The van der Waals surface area contributed by atoms with Crippen LogP contribution in [-0.4, -0.2) is 29.2 Å². The first-order valence-corrected chi connectivity index (χ1v) is 13.0. The summed E-state index contributed by atoms with van der Waals surface area (Å²) in [5, 5.41) is 3.17. The molecule has 172 valence electrons. The van der Waals surface area contributed by atoms with Crippen molar-refractivity contribution in [3.8, 4) is 11.1 Å². The van der Waals surface area contributed by atoms with Gasteiger partial charge in [-0.15, -0.1) is 0 Å². The molecule has 2 aromatic heterocycles. The fourth-order valence-electron chi connectivity index (χ4n) is 3.24. The van der Waals surface area contributed by atoms with Gasteiger partial charge in [0.05, 0.1) is 15.0 Å². The molecule has 2 N–H and O–H groups in total. The lowest BCUT2D eigenvalue weighted by Gasteiger charge is -2.21. The van der Waals surface area contributed by atoms with Gasteiger partial charge in [0.2, 0.25) is 10.0 Å². The number of furan rings is 1. The van der Waals surface area contributed by atoms with E-state index in [2.05, 4.69) is 15.0 Å². The van der Waals surface area contributed by atoms with Gasteiger partial charge in [0.25, 0.3) is 5.91 Å².